The quantitative estimate of drug-likeness (QED) is 0.236. The Kier molecular flexibility index (Phi) is 17.4. The summed E-state index contributed by atoms with van der Waals surface area (Å²) in [4.78, 5) is 4.86. The number of rotatable bonds is 9. The van der Waals surface area contributed by atoms with Gasteiger partial charge in [0.2, 0.25) is 0 Å². The van der Waals surface area contributed by atoms with Gasteiger partial charge in [0.25, 0.3) is 0 Å². The molecule has 9 nitrogen and oxygen atoms in total. The minimum atomic E-state index is -0.296. The molecule has 9 heteroatoms. The molecule has 0 aromatic carbocycles. The Morgan fingerprint density at radius 3 is 1.98 bits per heavy atom. The molecule has 4 saturated heterocycles. The first-order valence-electron chi connectivity index (χ1n) is 25.5. The van der Waals surface area contributed by atoms with Gasteiger partial charge in [-0.2, -0.15) is 0 Å². The SMILES string of the molecule is C=C1OC(C(C)C)C(NC(=C)C(C)C2(C)CCC(CC(C)C)C(CC)C2)C(=C)N2C(CCCN2C)C(=C)N(C)CC(=C)N2C(CCCN2C)C(=C)N2CCC(C)C2C(=C)NC1C(C)C. The van der Waals surface area contributed by atoms with Crippen molar-refractivity contribution in [1.29, 1.82) is 0 Å². The van der Waals surface area contributed by atoms with Gasteiger partial charge in [-0.15, -0.1) is 0 Å². The molecule has 2 N–H and O–H groups in total. The molecule has 11 atom stereocenters. The maximum Gasteiger partial charge on any atom is 0.126 e. The molecule has 0 bridgehead atoms. The fourth-order valence-corrected chi connectivity index (χ4v) is 12.5. The van der Waals surface area contributed by atoms with Crippen molar-refractivity contribution in [1.82, 2.24) is 40.5 Å². The third kappa shape index (κ3) is 11.1. The zero-order valence-corrected chi connectivity index (χ0v) is 43.4. The predicted molar refractivity (Wildman–Crippen MR) is 272 cm³/mol. The highest BCUT2D eigenvalue weighted by Crippen LogP contribution is 2.51. The lowest BCUT2D eigenvalue weighted by molar-refractivity contribution is -0.0540. The molecule has 0 radical (unpaired) electrons. The normalized spacial score (nSPS) is 34.2. The van der Waals surface area contributed by atoms with Gasteiger partial charge in [0.15, 0.2) is 0 Å². The van der Waals surface area contributed by atoms with E-state index in [0.717, 1.165) is 109 Å². The van der Waals surface area contributed by atoms with Crippen LogP contribution >= 0.6 is 0 Å². The predicted octanol–water partition coefficient (Wildman–Crippen LogP) is 11.0. The Morgan fingerprint density at radius 2 is 1.41 bits per heavy atom. The minimum absolute atomic E-state index is 0.00120. The summed E-state index contributed by atoms with van der Waals surface area (Å²) in [5.41, 5.74) is 6.43. The molecule has 0 aromatic heterocycles. The fourth-order valence-electron chi connectivity index (χ4n) is 12.5. The number of nitrogens with one attached hydrogen (secondary N) is 2. The lowest BCUT2D eigenvalue weighted by atomic mass is 9.59. The highest BCUT2D eigenvalue weighted by Gasteiger charge is 2.45. The van der Waals surface area contributed by atoms with E-state index in [2.05, 4.69) is 131 Å². The van der Waals surface area contributed by atoms with Crippen LogP contribution in [0.4, 0.5) is 0 Å². The molecule has 5 fully saturated rings. The number of likely N-dealkylation sites (N-methyl/N-ethyl adjacent to an activating group) is 1. The van der Waals surface area contributed by atoms with Gasteiger partial charge in [-0.25, -0.2) is 10.0 Å². The molecule has 64 heavy (non-hydrogen) atoms. The van der Waals surface area contributed by atoms with Gasteiger partial charge in [-0.05, 0) is 98.7 Å². The standard InChI is InChI=1S/C55H96N8O/c1-21-47-33-55(17,28-26-48(47)32-35(2)3)40(10)41(11)56-52-45(15)63-49(24-22-30-60(63)20)43(13)58(18)34-39(9)62-50(25-23-29-59(62)19)44(14)61-31-27-38(8)53(61)42(12)57-51(36(4)5)46(16)64-54(52)37(6)7/h35-38,40,47-54,56-57H,9,11-16,21-34H2,1-8,10,17-20H3. The number of hydrogen-bond acceptors (Lipinski definition) is 9. The molecule has 4 heterocycles. The number of fused-ring (bicyclic) bond motifs is 3. The van der Waals surface area contributed by atoms with Crippen LogP contribution in [0, 0.1) is 46.8 Å². The lowest BCUT2D eigenvalue weighted by Gasteiger charge is -2.51. The summed E-state index contributed by atoms with van der Waals surface area (Å²) >= 11 is 0. The maximum atomic E-state index is 7.34. The third-order valence-corrected chi connectivity index (χ3v) is 16.6. The van der Waals surface area contributed by atoms with Crippen LogP contribution in [0.25, 0.3) is 0 Å². The molecule has 1 saturated carbocycles. The first-order valence-corrected chi connectivity index (χ1v) is 25.5. The summed E-state index contributed by atoms with van der Waals surface area (Å²) in [6, 6.07) is -0.252. The fraction of sp³-hybridized carbons (Fsp3) is 0.745. The molecule has 1 aliphatic carbocycles. The summed E-state index contributed by atoms with van der Waals surface area (Å²) in [5.74, 6) is 3.97. The van der Waals surface area contributed by atoms with Crippen molar-refractivity contribution in [3.8, 4) is 0 Å². The van der Waals surface area contributed by atoms with Crippen molar-refractivity contribution in [2.24, 2.45) is 46.8 Å². The zero-order valence-electron chi connectivity index (χ0n) is 43.4. The van der Waals surface area contributed by atoms with Crippen LogP contribution in [0.5, 0.6) is 0 Å². The van der Waals surface area contributed by atoms with Crippen LogP contribution in [0.15, 0.2) is 86.0 Å². The van der Waals surface area contributed by atoms with Crippen molar-refractivity contribution < 1.29 is 4.74 Å². The van der Waals surface area contributed by atoms with E-state index in [1.807, 2.05) is 0 Å². The minimum Gasteiger partial charge on any atom is -0.490 e. The summed E-state index contributed by atoms with van der Waals surface area (Å²) in [6.45, 7) is 61.0. The van der Waals surface area contributed by atoms with E-state index in [0.29, 0.717) is 12.5 Å². The smallest absolute Gasteiger partial charge is 0.126 e. The van der Waals surface area contributed by atoms with Gasteiger partial charge in [0.1, 0.15) is 17.9 Å². The molecule has 0 amide bonds. The third-order valence-electron chi connectivity index (χ3n) is 16.6. The Labute approximate surface area is 393 Å². The van der Waals surface area contributed by atoms with Crippen LogP contribution in [0.3, 0.4) is 0 Å². The van der Waals surface area contributed by atoms with Crippen molar-refractivity contribution in [3.05, 3.63) is 86.0 Å². The lowest BCUT2D eigenvalue weighted by Crippen LogP contribution is -2.59. The maximum absolute atomic E-state index is 7.34. The average molecular weight is 885 g/mol. The molecule has 11 unspecified atom stereocenters. The largest absolute Gasteiger partial charge is 0.490 e. The average Bonchev–Trinajstić information content (AvgIpc) is 3.63. The number of hydrazine groups is 2. The Hall–Kier alpha value is -3.30. The van der Waals surface area contributed by atoms with Crippen LogP contribution in [-0.4, -0.2) is 113 Å². The second kappa shape index (κ2) is 21.6. The Morgan fingerprint density at radius 1 is 0.797 bits per heavy atom. The van der Waals surface area contributed by atoms with Gasteiger partial charge in [-0.3, -0.25) is 5.01 Å². The van der Waals surface area contributed by atoms with E-state index in [4.69, 9.17) is 50.8 Å². The van der Waals surface area contributed by atoms with Crippen molar-refractivity contribution in [2.75, 3.05) is 47.3 Å². The number of allylic oxidation sites excluding steroid dienone is 1. The monoisotopic (exact) mass is 885 g/mol. The second-order valence-corrected chi connectivity index (χ2v) is 22.6. The van der Waals surface area contributed by atoms with Gasteiger partial charge in [0.05, 0.1) is 30.7 Å². The summed E-state index contributed by atoms with van der Waals surface area (Å²) in [6.07, 6.45) is 11.2. The van der Waals surface area contributed by atoms with E-state index in [1.54, 1.807) is 0 Å². The van der Waals surface area contributed by atoms with E-state index < -0.39 is 0 Å². The first-order chi connectivity index (χ1) is 30.0. The number of ether oxygens (including phenoxy) is 1. The number of hydrogen-bond donors (Lipinski definition) is 2. The molecule has 5 aliphatic rings. The van der Waals surface area contributed by atoms with Gasteiger partial charge in [-0.1, -0.05) is 122 Å². The molecule has 0 spiro atoms. The van der Waals surface area contributed by atoms with Crippen LogP contribution in [-0.2, 0) is 4.74 Å². The van der Waals surface area contributed by atoms with Crippen LogP contribution in [0.2, 0.25) is 0 Å². The van der Waals surface area contributed by atoms with Gasteiger partial charge < -0.3 is 30.2 Å². The van der Waals surface area contributed by atoms with Crippen molar-refractivity contribution in [2.45, 2.75) is 170 Å². The van der Waals surface area contributed by atoms with Gasteiger partial charge in [0, 0.05) is 80.9 Å². The van der Waals surface area contributed by atoms with E-state index in [-0.39, 0.29) is 59.5 Å². The summed E-state index contributed by atoms with van der Waals surface area (Å²) in [7, 11) is 6.59. The van der Waals surface area contributed by atoms with E-state index >= 15 is 0 Å². The molecule has 0 aromatic rings. The topological polar surface area (TPSA) is 52.7 Å². The molecule has 362 valence electrons. The summed E-state index contributed by atoms with van der Waals surface area (Å²) in [5, 5.41) is 17.6. The zero-order chi connectivity index (χ0) is 47.5. The number of nitrogens with zero attached hydrogens (tertiary/aromatic N) is 6. The molecular weight excluding hydrogens is 789 g/mol. The van der Waals surface area contributed by atoms with Crippen molar-refractivity contribution in [3.63, 3.8) is 0 Å². The highest BCUT2D eigenvalue weighted by molar-refractivity contribution is 5.24. The Bertz CT molecular complexity index is 1700. The Balaban J connectivity index is 1.58. The molecule has 5 rings (SSSR count). The van der Waals surface area contributed by atoms with Crippen LogP contribution < -0.4 is 10.6 Å². The van der Waals surface area contributed by atoms with Gasteiger partial charge >= 0.3 is 0 Å². The van der Waals surface area contributed by atoms with E-state index in [1.165, 1.54) is 32.1 Å². The van der Waals surface area contributed by atoms with Crippen molar-refractivity contribution >= 4 is 0 Å². The molecular formula is C55H96N8O. The molecule has 4 aliphatic heterocycles. The van der Waals surface area contributed by atoms with Crippen LogP contribution in [0.1, 0.15) is 133 Å². The second-order valence-electron chi connectivity index (χ2n) is 22.6. The van der Waals surface area contributed by atoms with E-state index in [9.17, 15) is 0 Å². The summed E-state index contributed by atoms with van der Waals surface area (Å²) < 4.78 is 7.34. The highest BCUT2D eigenvalue weighted by atomic mass is 16.5. The first kappa shape index (κ1) is 51.7.